The van der Waals surface area contributed by atoms with Crippen LogP contribution in [0.15, 0.2) is 158 Å². The van der Waals surface area contributed by atoms with Crippen molar-refractivity contribution in [2.75, 3.05) is 5.32 Å². The molecule has 0 spiro atoms. The van der Waals surface area contributed by atoms with Crippen LogP contribution in [0.5, 0.6) is 11.5 Å². The lowest BCUT2D eigenvalue weighted by Gasteiger charge is -2.23. The Kier molecular flexibility index (Phi) is 9.60. The number of rotatable bonds is 7. The Morgan fingerprint density at radius 3 is 1.44 bits per heavy atom. The summed E-state index contributed by atoms with van der Waals surface area (Å²) in [7, 11) is 0. The van der Waals surface area contributed by atoms with Crippen LogP contribution in [-0.2, 0) is 16.2 Å². The van der Waals surface area contributed by atoms with Crippen molar-refractivity contribution in [3.8, 4) is 39.4 Å². The Morgan fingerprint density at radius 1 is 0.421 bits per heavy atom. The number of hydrogen-bond acceptors (Lipinski definition) is 2. The van der Waals surface area contributed by atoms with Gasteiger partial charge < -0.3 is 14.6 Å². The maximum absolute atomic E-state index is 6.86. The van der Waals surface area contributed by atoms with E-state index in [1.807, 2.05) is 0 Å². The number of aromatic nitrogens is 1. The molecule has 0 amide bonds. The van der Waals surface area contributed by atoms with Crippen LogP contribution in [0.25, 0.3) is 49.7 Å². The third kappa shape index (κ3) is 7.72. The van der Waals surface area contributed by atoms with Gasteiger partial charge in [0, 0.05) is 45.4 Å². The summed E-state index contributed by atoms with van der Waals surface area (Å²) in [6, 6.07) is 56.8. The van der Waals surface area contributed by atoms with Crippen LogP contribution >= 0.6 is 0 Å². The Hall–Kier alpha value is -6.06. The summed E-state index contributed by atoms with van der Waals surface area (Å²) in [5.41, 5.74) is 13.9. The van der Waals surface area contributed by atoms with E-state index in [4.69, 9.17) is 4.74 Å². The summed E-state index contributed by atoms with van der Waals surface area (Å²) in [6.45, 7) is 20.5. The molecule has 0 saturated carbocycles. The average molecular weight is 747 g/mol. The molecule has 1 N–H and O–H groups in total. The highest BCUT2D eigenvalue weighted by Crippen LogP contribution is 2.42. The van der Waals surface area contributed by atoms with Crippen molar-refractivity contribution in [1.29, 1.82) is 0 Å². The van der Waals surface area contributed by atoms with Gasteiger partial charge in [-0.3, -0.25) is 0 Å². The molecule has 7 aromatic carbocycles. The Morgan fingerprint density at radius 2 is 0.930 bits per heavy atom. The van der Waals surface area contributed by atoms with Crippen LogP contribution in [0.3, 0.4) is 0 Å². The zero-order valence-electron chi connectivity index (χ0n) is 34.9. The zero-order chi connectivity index (χ0) is 40.1. The van der Waals surface area contributed by atoms with Gasteiger partial charge in [-0.15, -0.1) is 0 Å². The van der Waals surface area contributed by atoms with Crippen LogP contribution in [0.4, 0.5) is 11.4 Å². The van der Waals surface area contributed by atoms with Crippen LogP contribution in [0.1, 0.15) is 79.0 Å². The Labute approximate surface area is 339 Å². The quantitative estimate of drug-likeness (QED) is 0.176. The van der Waals surface area contributed by atoms with Crippen molar-refractivity contribution in [3.05, 3.63) is 174 Å². The van der Waals surface area contributed by atoms with Crippen molar-refractivity contribution in [2.45, 2.75) is 78.6 Å². The molecule has 0 unspecified atom stereocenters. The number of ether oxygens (including phenoxy) is 1. The lowest BCUT2D eigenvalue weighted by atomic mass is 9.85. The second-order valence-corrected chi connectivity index (χ2v) is 18.5. The maximum Gasteiger partial charge on any atom is 0.129 e. The molecule has 0 fully saturated rings. The molecule has 0 aliphatic heterocycles. The van der Waals surface area contributed by atoms with Gasteiger partial charge >= 0.3 is 0 Å². The van der Waals surface area contributed by atoms with Gasteiger partial charge in [0.25, 0.3) is 0 Å². The van der Waals surface area contributed by atoms with Gasteiger partial charge in [0.1, 0.15) is 11.5 Å². The summed E-state index contributed by atoms with van der Waals surface area (Å²) in [5.74, 6) is 1.57. The number of para-hydroxylation sites is 1. The molecule has 1 aromatic heterocycles. The van der Waals surface area contributed by atoms with Crippen molar-refractivity contribution < 1.29 is 4.74 Å². The van der Waals surface area contributed by atoms with E-state index in [0.717, 1.165) is 50.8 Å². The summed E-state index contributed by atoms with van der Waals surface area (Å²) in [5, 5.41) is 6.44. The van der Waals surface area contributed by atoms with Crippen molar-refractivity contribution >= 4 is 33.2 Å². The van der Waals surface area contributed by atoms with Crippen LogP contribution in [0, 0.1) is 0 Å². The second kappa shape index (κ2) is 14.5. The van der Waals surface area contributed by atoms with E-state index in [1.165, 1.54) is 38.5 Å². The second-order valence-electron chi connectivity index (χ2n) is 18.5. The fourth-order valence-electron chi connectivity index (χ4n) is 7.77. The van der Waals surface area contributed by atoms with Gasteiger partial charge in [-0.25, -0.2) is 0 Å². The number of nitrogens with zero attached hydrogens (tertiary/aromatic N) is 1. The molecule has 8 rings (SSSR count). The minimum Gasteiger partial charge on any atom is -0.457 e. The SMILES string of the molecule is CC(C)(C)c1cc(Nc2c(-c3ccccc3)cccc2-c2ccccc2)cc(Oc2cccc(-n3c4ccc(C(C)(C)C)cc4c4cc(C(C)(C)C)ccc43)c2)c1. The predicted molar refractivity (Wildman–Crippen MR) is 244 cm³/mol. The molecule has 0 saturated heterocycles. The largest absolute Gasteiger partial charge is 0.457 e. The van der Waals surface area contributed by atoms with Crippen molar-refractivity contribution in [3.63, 3.8) is 0 Å². The monoisotopic (exact) mass is 746 g/mol. The molecule has 1 heterocycles. The van der Waals surface area contributed by atoms with Gasteiger partial charge in [-0.2, -0.15) is 0 Å². The number of benzene rings is 7. The van der Waals surface area contributed by atoms with Crippen LogP contribution < -0.4 is 10.1 Å². The first-order valence-electron chi connectivity index (χ1n) is 20.2. The van der Waals surface area contributed by atoms with Gasteiger partial charge in [0.05, 0.1) is 16.7 Å². The molecule has 0 atom stereocenters. The molecule has 0 radical (unpaired) electrons. The first-order valence-corrected chi connectivity index (χ1v) is 20.2. The van der Waals surface area contributed by atoms with E-state index in [2.05, 4.69) is 230 Å². The smallest absolute Gasteiger partial charge is 0.129 e. The zero-order valence-corrected chi connectivity index (χ0v) is 34.9. The fourth-order valence-corrected chi connectivity index (χ4v) is 7.77. The van der Waals surface area contributed by atoms with E-state index < -0.39 is 0 Å². The molecule has 0 aliphatic rings. The van der Waals surface area contributed by atoms with Crippen LogP contribution in [0.2, 0.25) is 0 Å². The average Bonchev–Trinajstić information content (AvgIpc) is 3.51. The van der Waals surface area contributed by atoms with E-state index in [0.29, 0.717) is 0 Å². The van der Waals surface area contributed by atoms with E-state index in [1.54, 1.807) is 0 Å². The van der Waals surface area contributed by atoms with Crippen LogP contribution in [-0.4, -0.2) is 4.57 Å². The molecule has 3 nitrogen and oxygen atoms in total. The number of hydrogen-bond donors (Lipinski definition) is 1. The predicted octanol–water partition coefficient (Wildman–Crippen LogP) is 15.5. The molecule has 0 aliphatic carbocycles. The lowest BCUT2D eigenvalue weighted by molar-refractivity contribution is 0.478. The number of nitrogens with one attached hydrogen (secondary N) is 1. The lowest BCUT2D eigenvalue weighted by Crippen LogP contribution is -2.11. The summed E-state index contributed by atoms with van der Waals surface area (Å²) < 4.78 is 9.25. The molecule has 286 valence electrons. The van der Waals surface area contributed by atoms with Crippen molar-refractivity contribution in [2.24, 2.45) is 0 Å². The third-order valence-corrected chi connectivity index (χ3v) is 11.1. The number of anilines is 2. The topological polar surface area (TPSA) is 26.2 Å². The van der Waals surface area contributed by atoms with E-state index in [9.17, 15) is 0 Å². The van der Waals surface area contributed by atoms with Gasteiger partial charge in [0.15, 0.2) is 0 Å². The highest BCUT2D eigenvalue weighted by atomic mass is 16.5. The molecular weight excluding hydrogens is 693 g/mol. The standard InChI is InChI=1S/C54H54N2O/c1-52(2,3)38-26-28-49-47(32-38)48-33-39(53(4,5)6)27-29-50(48)56(49)42-22-16-23-43(35-42)57-44-31-40(54(7,8)9)30-41(34-44)55-51-45(36-18-12-10-13-19-36)24-17-25-46(51)37-20-14-11-15-21-37/h10-35,55H,1-9H3. The summed E-state index contributed by atoms with van der Waals surface area (Å²) in [6.07, 6.45) is 0. The van der Waals surface area contributed by atoms with Gasteiger partial charge in [-0.05, 0) is 92.6 Å². The Balaban J connectivity index is 1.22. The van der Waals surface area contributed by atoms with E-state index in [-0.39, 0.29) is 16.2 Å². The van der Waals surface area contributed by atoms with Crippen molar-refractivity contribution in [1.82, 2.24) is 4.57 Å². The third-order valence-electron chi connectivity index (χ3n) is 11.1. The normalized spacial score (nSPS) is 12.3. The first-order chi connectivity index (χ1) is 27.1. The maximum atomic E-state index is 6.86. The highest BCUT2D eigenvalue weighted by molar-refractivity contribution is 6.10. The molecule has 8 aromatic rings. The summed E-state index contributed by atoms with van der Waals surface area (Å²) >= 11 is 0. The molecule has 57 heavy (non-hydrogen) atoms. The molecule has 3 heteroatoms. The first kappa shape index (κ1) is 37.8. The van der Waals surface area contributed by atoms with Gasteiger partial charge in [-0.1, -0.05) is 159 Å². The minimum atomic E-state index is -0.111. The number of fused-ring (bicyclic) bond motifs is 3. The molecular formula is C54H54N2O. The van der Waals surface area contributed by atoms with E-state index >= 15 is 0 Å². The van der Waals surface area contributed by atoms with Gasteiger partial charge in [0.2, 0.25) is 0 Å². The highest BCUT2D eigenvalue weighted by Gasteiger charge is 2.22. The fraction of sp³-hybridized carbons (Fsp3) is 0.222. The summed E-state index contributed by atoms with van der Waals surface area (Å²) in [4.78, 5) is 0. The minimum absolute atomic E-state index is 0.0417. The molecule has 0 bridgehead atoms. The Bertz CT molecular complexity index is 2590.